The Bertz CT molecular complexity index is 571. The molecule has 1 heteroatoms. The van der Waals surface area contributed by atoms with E-state index in [0.717, 1.165) is 17.5 Å². The molecule has 0 heterocycles. The summed E-state index contributed by atoms with van der Waals surface area (Å²) < 4.78 is 0. The number of benzene rings is 2. The van der Waals surface area contributed by atoms with E-state index >= 15 is 0 Å². The zero-order valence-electron chi connectivity index (χ0n) is 10.5. The molecular weight excluding hydrogens is 220 g/mol. The molecule has 2 unspecified atom stereocenters. The van der Waals surface area contributed by atoms with E-state index in [4.69, 9.17) is 0 Å². The maximum absolute atomic E-state index is 12.3. The van der Waals surface area contributed by atoms with Crippen LogP contribution in [0.2, 0.25) is 0 Å². The fourth-order valence-corrected chi connectivity index (χ4v) is 2.57. The van der Waals surface area contributed by atoms with Gasteiger partial charge in [-0.1, -0.05) is 54.1 Å². The molecule has 0 radical (unpaired) electrons. The van der Waals surface area contributed by atoms with Crippen LogP contribution in [0.25, 0.3) is 0 Å². The number of carbonyl (C=O) groups is 1. The maximum atomic E-state index is 12.3. The van der Waals surface area contributed by atoms with Crippen LogP contribution in [0.4, 0.5) is 0 Å². The van der Waals surface area contributed by atoms with Gasteiger partial charge in [0.2, 0.25) is 0 Å². The molecule has 0 saturated heterocycles. The molecule has 2 atom stereocenters. The Morgan fingerprint density at radius 1 is 1.06 bits per heavy atom. The summed E-state index contributed by atoms with van der Waals surface area (Å²) in [7, 11) is 0. The fourth-order valence-electron chi connectivity index (χ4n) is 2.57. The molecule has 18 heavy (non-hydrogen) atoms. The number of ketones is 1. The molecule has 1 aliphatic rings. The van der Waals surface area contributed by atoms with Crippen molar-refractivity contribution in [1.29, 1.82) is 0 Å². The average molecular weight is 236 g/mol. The third-order valence-corrected chi connectivity index (χ3v) is 3.66. The Morgan fingerprint density at radius 3 is 2.56 bits per heavy atom. The Hall–Kier alpha value is -1.89. The van der Waals surface area contributed by atoms with Crippen molar-refractivity contribution in [3.8, 4) is 0 Å². The average Bonchev–Trinajstić information content (AvgIpc) is 3.19. The van der Waals surface area contributed by atoms with Gasteiger partial charge in [0, 0.05) is 11.5 Å². The van der Waals surface area contributed by atoms with Crippen molar-refractivity contribution in [3.63, 3.8) is 0 Å². The second kappa shape index (κ2) is 4.41. The van der Waals surface area contributed by atoms with Gasteiger partial charge in [-0.3, -0.25) is 4.79 Å². The van der Waals surface area contributed by atoms with Gasteiger partial charge in [-0.05, 0) is 30.9 Å². The highest BCUT2D eigenvalue weighted by molar-refractivity contribution is 6.00. The van der Waals surface area contributed by atoms with Crippen LogP contribution in [-0.4, -0.2) is 5.78 Å². The normalized spacial score (nSPS) is 21.6. The zero-order valence-corrected chi connectivity index (χ0v) is 10.5. The van der Waals surface area contributed by atoms with E-state index in [1.165, 1.54) is 5.56 Å². The van der Waals surface area contributed by atoms with Crippen molar-refractivity contribution in [2.45, 2.75) is 19.3 Å². The molecule has 0 bridgehead atoms. The van der Waals surface area contributed by atoms with Crippen molar-refractivity contribution in [2.24, 2.45) is 5.92 Å². The van der Waals surface area contributed by atoms with Gasteiger partial charge in [-0.25, -0.2) is 0 Å². The number of hydrogen-bond acceptors (Lipinski definition) is 1. The zero-order chi connectivity index (χ0) is 12.5. The first-order chi connectivity index (χ1) is 8.75. The summed E-state index contributed by atoms with van der Waals surface area (Å²) in [5.74, 6) is 0.918. The van der Waals surface area contributed by atoms with E-state index in [2.05, 4.69) is 12.1 Å². The second-order valence-electron chi connectivity index (χ2n) is 5.09. The van der Waals surface area contributed by atoms with Gasteiger partial charge in [-0.2, -0.15) is 0 Å². The second-order valence-corrected chi connectivity index (χ2v) is 5.09. The minimum atomic E-state index is 0.189. The number of hydrogen-bond donors (Lipinski definition) is 0. The summed E-state index contributed by atoms with van der Waals surface area (Å²) in [5, 5.41) is 0. The molecule has 2 aromatic carbocycles. The van der Waals surface area contributed by atoms with Crippen molar-refractivity contribution >= 4 is 5.78 Å². The van der Waals surface area contributed by atoms with Gasteiger partial charge in [0.05, 0.1) is 0 Å². The van der Waals surface area contributed by atoms with Crippen LogP contribution in [0.3, 0.4) is 0 Å². The van der Waals surface area contributed by atoms with Crippen LogP contribution in [0.5, 0.6) is 0 Å². The quantitative estimate of drug-likeness (QED) is 0.737. The highest BCUT2D eigenvalue weighted by atomic mass is 16.1. The van der Waals surface area contributed by atoms with Gasteiger partial charge in [0.15, 0.2) is 5.78 Å². The molecule has 0 amide bonds. The molecule has 90 valence electrons. The van der Waals surface area contributed by atoms with Gasteiger partial charge in [0.1, 0.15) is 0 Å². The minimum absolute atomic E-state index is 0.189. The lowest BCUT2D eigenvalue weighted by Gasteiger charge is -2.02. The Labute approximate surface area is 107 Å². The third-order valence-electron chi connectivity index (χ3n) is 3.66. The molecule has 2 aromatic rings. The number of carbonyl (C=O) groups excluding carboxylic acids is 1. The largest absolute Gasteiger partial charge is 0.294 e. The molecular formula is C17H16O. The summed E-state index contributed by atoms with van der Waals surface area (Å²) in [5.41, 5.74) is 3.31. The fraction of sp³-hybridized carbons (Fsp3) is 0.235. The van der Waals surface area contributed by atoms with Crippen molar-refractivity contribution < 1.29 is 4.79 Å². The smallest absolute Gasteiger partial charge is 0.166 e. The highest BCUT2D eigenvalue weighted by Crippen LogP contribution is 2.49. The summed E-state index contributed by atoms with van der Waals surface area (Å²) in [6, 6.07) is 18.2. The summed E-state index contributed by atoms with van der Waals surface area (Å²) in [6.45, 7) is 2.03. The van der Waals surface area contributed by atoms with Gasteiger partial charge in [-0.15, -0.1) is 0 Å². The summed E-state index contributed by atoms with van der Waals surface area (Å²) in [6.07, 6.45) is 0.997. The van der Waals surface area contributed by atoms with Crippen molar-refractivity contribution in [3.05, 3.63) is 71.3 Å². The van der Waals surface area contributed by atoms with E-state index in [-0.39, 0.29) is 5.92 Å². The van der Waals surface area contributed by atoms with Crippen LogP contribution in [0, 0.1) is 12.8 Å². The lowest BCUT2D eigenvalue weighted by atomic mass is 10.0. The maximum Gasteiger partial charge on any atom is 0.166 e. The van der Waals surface area contributed by atoms with Crippen LogP contribution < -0.4 is 0 Å². The predicted octanol–water partition coefficient (Wildman–Crippen LogP) is 3.98. The van der Waals surface area contributed by atoms with E-state index < -0.39 is 0 Å². The van der Waals surface area contributed by atoms with Gasteiger partial charge < -0.3 is 0 Å². The Balaban J connectivity index is 1.77. The molecule has 1 saturated carbocycles. The lowest BCUT2D eigenvalue weighted by molar-refractivity contribution is 0.0965. The van der Waals surface area contributed by atoms with Crippen LogP contribution in [-0.2, 0) is 0 Å². The molecule has 0 spiro atoms. The first-order valence-electron chi connectivity index (χ1n) is 6.41. The SMILES string of the molecule is Cc1cccc(C(=O)C2CC2c2ccccc2)c1. The molecule has 0 N–H and O–H groups in total. The van der Waals surface area contributed by atoms with Crippen LogP contribution >= 0.6 is 0 Å². The Kier molecular flexibility index (Phi) is 2.75. The Morgan fingerprint density at radius 2 is 1.83 bits per heavy atom. The minimum Gasteiger partial charge on any atom is -0.294 e. The molecule has 1 fully saturated rings. The number of aryl methyl sites for hydroxylation is 1. The van der Waals surface area contributed by atoms with Crippen molar-refractivity contribution in [1.82, 2.24) is 0 Å². The first kappa shape index (κ1) is 11.2. The molecule has 1 aliphatic carbocycles. The number of Topliss-reactive ketones (excluding diaryl/α,β-unsaturated/α-hetero) is 1. The lowest BCUT2D eigenvalue weighted by Crippen LogP contribution is -2.03. The highest BCUT2D eigenvalue weighted by Gasteiger charge is 2.43. The molecule has 3 rings (SSSR count). The van der Waals surface area contributed by atoms with Crippen LogP contribution in [0.1, 0.15) is 33.8 Å². The topological polar surface area (TPSA) is 17.1 Å². The molecule has 1 nitrogen and oxygen atoms in total. The van der Waals surface area contributed by atoms with Crippen molar-refractivity contribution in [2.75, 3.05) is 0 Å². The first-order valence-corrected chi connectivity index (χ1v) is 6.41. The standard InChI is InChI=1S/C17H16O/c1-12-6-5-9-14(10-12)17(18)16-11-15(16)13-7-3-2-4-8-13/h2-10,15-16H,11H2,1H3. The van der Waals surface area contributed by atoms with Gasteiger partial charge in [0.25, 0.3) is 0 Å². The molecule has 0 aromatic heterocycles. The van der Waals surface area contributed by atoms with E-state index in [1.54, 1.807) is 0 Å². The monoisotopic (exact) mass is 236 g/mol. The number of rotatable bonds is 3. The summed E-state index contributed by atoms with van der Waals surface area (Å²) in [4.78, 5) is 12.3. The summed E-state index contributed by atoms with van der Waals surface area (Å²) >= 11 is 0. The van der Waals surface area contributed by atoms with E-state index in [1.807, 2.05) is 49.4 Å². The third kappa shape index (κ3) is 2.08. The predicted molar refractivity (Wildman–Crippen MR) is 72.8 cm³/mol. The van der Waals surface area contributed by atoms with Crippen LogP contribution in [0.15, 0.2) is 54.6 Å². The van der Waals surface area contributed by atoms with Gasteiger partial charge >= 0.3 is 0 Å². The van der Waals surface area contributed by atoms with E-state index in [0.29, 0.717) is 11.7 Å². The molecule has 0 aliphatic heterocycles. The van der Waals surface area contributed by atoms with E-state index in [9.17, 15) is 4.79 Å².